The van der Waals surface area contributed by atoms with Crippen molar-refractivity contribution in [3.63, 3.8) is 0 Å². The minimum absolute atomic E-state index is 0.00878. The Kier molecular flexibility index (Phi) is 6.26. The minimum Gasteiger partial charge on any atom is -0.480 e. The van der Waals surface area contributed by atoms with Crippen molar-refractivity contribution in [2.75, 3.05) is 26.7 Å². The SMILES string of the molecule is CC(C)OCCN(C)C(=O)N1CCCC(C)C1C(=O)O. The van der Waals surface area contributed by atoms with Crippen molar-refractivity contribution in [2.24, 2.45) is 5.92 Å². The van der Waals surface area contributed by atoms with Crippen LogP contribution in [0, 0.1) is 5.92 Å². The smallest absolute Gasteiger partial charge is 0.326 e. The van der Waals surface area contributed by atoms with Crippen molar-refractivity contribution >= 4 is 12.0 Å². The van der Waals surface area contributed by atoms with Gasteiger partial charge in [0.1, 0.15) is 6.04 Å². The predicted octanol–water partition coefficient (Wildman–Crippen LogP) is 1.65. The van der Waals surface area contributed by atoms with Crippen LogP contribution in [0.25, 0.3) is 0 Å². The Labute approximate surface area is 120 Å². The molecule has 2 atom stereocenters. The van der Waals surface area contributed by atoms with Gasteiger partial charge in [-0.25, -0.2) is 9.59 Å². The second-order valence-electron chi connectivity index (χ2n) is 5.72. The van der Waals surface area contributed by atoms with E-state index in [-0.39, 0.29) is 18.1 Å². The fraction of sp³-hybridized carbons (Fsp3) is 0.857. The number of carbonyl (C=O) groups is 2. The van der Waals surface area contributed by atoms with Crippen LogP contribution in [0.2, 0.25) is 0 Å². The number of piperidine rings is 1. The average Bonchev–Trinajstić information content (AvgIpc) is 2.36. The van der Waals surface area contributed by atoms with Gasteiger partial charge >= 0.3 is 12.0 Å². The fourth-order valence-electron chi connectivity index (χ4n) is 2.52. The molecule has 1 rings (SSSR count). The topological polar surface area (TPSA) is 70.1 Å². The molecule has 0 saturated carbocycles. The van der Waals surface area contributed by atoms with Crippen molar-refractivity contribution in [3.8, 4) is 0 Å². The van der Waals surface area contributed by atoms with E-state index in [0.717, 1.165) is 12.8 Å². The van der Waals surface area contributed by atoms with E-state index in [2.05, 4.69) is 0 Å². The highest BCUT2D eigenvalue weighted by Crippen LogP contribution is 2.24. The first-order valence-corrected chi connectivity index (χ1v) is 7.20. The molecule has 0 spiro atoms. The quantitative estimate of drug-likeness (QED) is 0.834. The Morgan fingerprint density at radius 1 is 1.45 bits per heavy atom. The van der Waals surface area contributed by atoms with E-state index >= 15 is 0 Å². The van der Waals surface area contributed by atoms with E-state index in [1.54, 1.807) is 7.05 Å². The third-order valence-electron chi connectivity index (χ3n) is 3.64. The molecule has 0 aromatic heterocycles. The monoisotopic (exact) mass is 286 g/mol. The van der Waals surface area contributed by atoms with Crippen molar-refractivity contribution in [1.29, 1.82) is 0 Å². The molecule has 0 aromatic carbocycles. The first kappa shape index (κ1) is 16.8. The lowest BCUT2D eigenvalue weighted by Crippen LogP contribution is -2.55. The molecule has 0 aromatic rings. The van der Waals surface area contributed by atoms with Crippen LogP contribution in [0.5, 0.6) is 0 Å². The molecule has 20 heavy (non-hydrogen) atoms. The number of carboxylic acid groups (broad SMARTS) is 1. The summed E-state index contributed by atoms with van der Waals surface area (Å²) in [5.41, 5.74) is 0. The number of ether oxygens (including phenoxy) is 1. The number of carboxylic acids is 1. The Hall–Kier alpha value is -1.30. The largest absolute Gasteiger partial charge is 0.480 e. The van der Waals surface area contributed by atoms with Crippen LogP contribution in [-0.2, 0) is 9.53 Å². The van der Waals surface area contributed by atoms with Gasteiger partial charge < -0.3 is 19.6 Å². The van der Waals surface area contributed by atoms with Gasteiger partial charge in [0, 0.05) is 20.1 Å². The fourth-order valence-corrected chi connectivity index (χ4v) is 2.52. The molecule has 1 N–H and O–H groups in total. The standard InChI is InChI=1S/C14H26N2O4/c1-10(2)20-9-8-15(4)14(19)16-7-5-6-11(3)12(16)13(17)18/h10-12H,5-9H2,1-4H3,(H,17,18). The summed E-state index contributed by atoms with van der Waals surface area (Å²) in [4.78, 5) is 26.8. The molecular weight excluding hydrogens is 260 g/mol. The van der Waals surface area contributed by atoms with Gasteiger partial charge in [0.25, 0.3) is 0 Å². The zero-order chi connectivity index (χ0) is 15.3. The maximum absolute atomic E-state index is 12.4. The molecule has 2 amide bonds. The van der Waals surface area contributed by atoms with Crippen molar-refractivity contribution in [1.82, 2.24) is 9.80 Å². The van der Waals surface area contributed by atoms with Gasteiger partial charge in [0.15, 0.2) is 0 Å². The number of amides is 2. The van der Waals surface area contributed by atoms with Crippen LogP contribution in [0.1, 0.15) is 33.6 Å². The molecule has 1 aliphatic rings. The van der Waals surface area contributed by atoms with Gasteiger partial charge in [0.2, 0.25) is 0 Å². The second-order valence-corrected chi connectivity index (χ2v) is 5.72. The Morgan fingerprint density at radius 2 is 2.10 bits per heavy atom. The molecule has 1 saturated heterocycles. The van der Waals surface area contributed by atoms with Gasteiger partial charge in [0.05, 0.1) is 12.7 Å². The number of hydrogen-bond donors (Lipinski definition) is 1. The zero-order valence-corrected chi connectivity index (χ0v) is 12.8. The number of likely N-dealkylation sites (tertiary alicyclic amines) is 1. The van der Waals surface area contributed by atoms with E-state index in [1.807, 2.05) is 20.8 Å². The minimum atomic E-state index is -0.919. The number of likely N-dealkylation sites (N-methyl/N-ethyl adjacent to an activating group) is 1. The van der Waals surface area contributed by atoms with Crippen molar-refractivity contribution in [2.45, 2.75) is 45.8 Å². The molecule has 116 valence electrons. The second kappa shape index (κ2) is 7.47. The lowest BCUT2D eigenvalue weighted by Gasteiger charge is -2.39. The molecule has 2 unspecified atom stereocenters. The molecule has 0 aliphatic carbocycles. The summed E-state index contributed by atoms with van der Waals surface area (Å²) < 4.78 is 5.42. The number of carbonyl (C=O) groups excluding carboxylic acids is 1. The highest BCUT2D eigenvalue weighted by atomic mass is 16.5. The van der Waals surface area contributed by atoms with E-state index in [1.165, 1.54) is 9.80 Å². The highest BCUT2D eigenvalue weighted by molar-refractivity contribution is 5.83. The molecule has 1 fully saturated rings. The van der Waals surface area contributed by atoms with Gasteiger partial charge in [-0.05, 0) is 32.6 Å². The third-order valence-corrected chi connectivity index (χ3v) is 3.64. The predicted molar refractivity (Wildman–Crippen MR) is 75.6 cm³/mol. The van der Waals surface area contributed by atoms with Crippen molar-refractivity contribution < 1.29 is 19.4 Å². The van der Waals surface area contributed by atoms with E-state index in [9.17, 15) is 14.7 Å². The Morgan fingerprint density at radius 3 is 2.65 bits per heavy atom. The molecule has 0 bridgehead atoms. The number of urea groups is 1. The van der Waals surface area contributed by atoms with E-state index < -0.39 is 12.0 Å². The molecular formula is C14H26N2O4. The van der Waals surface area contributed by atoms with Crippen LogP contribution >= 0.6 is 0 Å². The summed E-state index contributed by atoms with van der Waals surface area (Å²) >= 11 is 0. The normalized spacial score (nSPS) is 22.9. The molecule has 6 heteroatoms. The number of aliphatic carboxylic acids is 1. The Bertz CT molecular complexity index is 346. The highest BCUT2D eigenvalue weighted by Gasteiger charge is 2.38. The van der Waals surface area contributed by atoms with Gasteiger partial charge in [-0.15, -0.1) is 0 Å². The number of rotatable bonds is 5. The van der Waals surface area contributed by atoms with E-state index in [0.29, 0.717) is 19.7 Å². The number of nitrogens with zero attached hydrogens (tertiary/aromatic N) is 2. The van der Waals surface area contributed by atoms with Gasteiger partial charge in [-0.2, -0.15) is 0 Å². The third kappa shape index (κ3) is 4.37. The summed E-state index contributed by atoms with van der Waals surface area (Å²) in [6, 6.07) is -0.943. The lowest BCUT2D eigenvalue weighted by atomic mass is 9.91. The molecule has 0 radical (unpaired) electrons. The zero-order valence-electron chi connectivity index (χ0n) is 12.8. The van der Waals surface area contributed by atoms with Gasteiger partial charge in [-0.3, -0.25) is 0 Å². The average molecular weight is 286 g/mol. The van der Waals surface area contributed by atoms with Crippen molar-refractivity contribution in [3.05, 3.63) is 0 Å². The van der Waals surface area contributed by atoms with Crippen LogP contribution in [0.4, 0.5) is 4.79 Å². The summed E-state index contributed by atoms with van der Waals surface area (Å²) in [5, 5.41) is 9.32. The molecule has 6 nitrogen and oxygen atoms in total. The summed E-state index contributed by atoms with van der Waals surface area (Å²) in [6.07, 6.45) is 1.83. The Balaban J connectivity index is 2.61. The lowest BCUT2D eigenvalue weighted by molar-refractivity contribution is -0.145. The van der Waals surface area contributed by atoms with Crippen LogP contribution < -0.4 is 0 Å². The first-order valence-electron chi connectivity index (χ1n) is 7.20. The van der Waals surface area contributed by atoms with Crippen LogP contribution in [0.3, 0.4) is 0 Å². The molecule has 1 aliphatic heterocycles. The van der Waals surface area contributed by atoms with Gasteiger partial charge in [-0.1, -0.05) is 6.92 Å². The summed E-state index contributed by atoms with van der Waals surface area (Å²) in [5.74, 6) is -0.928. The summed E-state index contributed by atoms with van der Waals surface area (Å²) in [7, 11) is 1.68. The van der Waals surface area contributed by atoms with E-state index in [4.69, 9.17) is 4.74 Å². The maximum Gasteiger partial charge on any atom is 0.326 e. The summed E-state index contributed by atoms with van der Waals surface area (Å²) in [6.45, 7) is 7.20. The number of hydrogen-bond acceptors (Lipinski definition) is 3. The van der Waals surface area contributed by atoms with Crippen LogP contribution in [-0.4, -0.2) is 65.8 Å². The van der Waals surface area contributed by atoms with Crippen LogP contribution in [0.15, 0.2) is 0 Å². The maximum atomic E-state index is 12.4. The molecule has 1 heterocycles. The first-order chi connectivity index (χ1) is 9.34.